The zero-order chi connectivity index (χ0) is 13.8. The molecular formula is C16H26BrN. The second-order valence-electron chi connectivity index (χ2n) is 6.18. The molecule has 18 heavy (non-hydrogen) atoms. The zero-order valence-corrected chi connectivity index (χ0v) is 13.8. The average molecular weight is 312 g/mol. The van der Waals surface area contributed by atoms with Gasteiger partial charge in [0.05, 0.1) is 0 Å². The summed E-state index contributed by atoms with van der Waals surface area (Å²) in [5.41, 5.74) is 1.60. The molecule has 0 fully saturated rings. The van der Waals surface area contributed by atoms with Crippen LogP contribution < -0.4 is 5.32 Å². The van der Waals surface area contributed by atoms with Gasteiger partial charge in [-0.05, 0) is 50.3 Å². The van der Waals surface area contributed by atoms with Crippen LogP contribution in [0.3, 0.4) is 0 Å². The molecule has 1 aromatic carbocycles. The van der Waals surface area contributed by atoms with Gasteiger partial charge in [-0.15, -0.1) is 0 Å². The summed E-state index contributed by atoms with van der Waals surface area (Å²) in [5.74, 6) is 1.26. The van der Waals surface area contributed by atoms with E-state index in [0.717, 1.165) is 6.54 Å². The molecule has 0 spiro atoms. The minimum Gasteiger partial charge on any atom is -0.311 e. The number of benzene rings is 1. The second-order valence-corrected chi connectivity index (χ2v) is 7.09. The second kappa shape index (κ2) is 6.72. The number of halogens is 1. The first-order valence-electron chi connectivity index (χ1n) is 6.84. The van der Waals surface area contributed by atoms with E-state index in [1.807, 2.05) is 0 Å². The lowest BCUT2D eigenvalue weighted by Crippen LogP contribution is -2.39. The van der Waals surface area contributed by atoms with Crippen LogP contribution in [0.1, 0.15) is 52.5 Å². The lowest BCUT2D eigenvalue weighted by atomic mass is 9.85. The fourth-order valence-electron chi connectivity index (χ4n) is 2.09. The zero-order valence-electron chi connectivity index (χ0n) is 12.3. The fourth-order valence-corrected chi connectivity index (χ4v) is 2.50. The smallest absolute Gasteiger partial charge is 0.0178 e. The standard InChI is InChI=1S/C16H26BrN/c1-6-12(2)15(11-18-16(3,4)5)13-8-7-9-14(17)10-13/h7-10,12,15,18H,6,11H2,1-5H3. The van der Waals surface area contributed by atoms with E-state index < -0.39 is 0 Å². The quantitative estimate of drug-likeness (QED) is 0.809. The number of rotatable bonds is 5. The Morgan fingerprint density at radius 3 is 2.44 bits per heavy atom. The van der Waals surface area contributed by atoms with Crippen molar-refractivity contribution >= 4 is 15.9 Å². The van der Waals surface area contributed by atoms with Gasteiger partial charge in [0.1, 0.15) is 0 Å². The van der Waals surface area contributed by atoms with Gasteiger partial charge >= 0.3 is 0 Å². The molecule has 0 aliphatic rings. The van der Waals surface area contributed by atoms with Crippen LogP contribution in [0.25, 0.3) is 0 Å². The highest BCUT2D eigenvalue weighted by Gasteiger charge is 2.20. The molecular weight excluding hydrogens is 286 g/mol. The van der Waals surface area contributed by atoms with Crippen molar-refractivity contribution in [3.63, 3.8) is 0 Å². The normalized spacial score (nSPS) is 15.4. The van der Waals surface area contributed by atoms with Crippen LogP contribution in [0.15, 0.2) is 28.7 Å². The minimum absolute atomic E-state index is 0.178. The van der Waals surface area contributed by atoms with Gasteiger partial charge in [0.25, 0.3) is 0 Å². The van der Waals surface area contributed by atoms with Crippen LogP contribution in [0, 0.1) is 5.92 Å². The summed E-state index contributed by atoms with van der Waals surface area (Å²) < 4.78 is 1.17. The molecule has 1 N–H and O–H groups in total. The van der Waals surface area contributed by atoms with Crippen molar-refractivity contribution in [1.82, 2.24) is 5.32 Å². The third-order valence-corrected chi connectivity index (χ3v) is 3.95. The average Bonchev–Trinajstić information content (AvgIpc) is 2.27. The van der Waals surface area contributed by atoms with Crippen LogP contribution in [0.5, 0.6) is 0 Å². The number of nitrogens with one attached hydrogen (secondary N) is 1. The fraction of sp³-hybridized carbons (Fsp3) is 0.625. The van der Waals surface area contributed by atoms with Crippen LogP contribution >= 0.6 is 15.9 Å². The summed E-state index contributed by atoms with van der Waals surface area (Å²) in [6, 6.07) is 8.72. The third-order valence-electron chi connectivity index (χ3n) is 3.46. The maximum atomic E-state index is 3.64. The van der Waals surface area contributed by atoms with Crippen LogP contribution in [-0.4, -0.2) is 12.1 Å². The van der Waals surface area contributed by atoms with Gasteiger partial charge in [0.15, 0.2) is 0 Å². The highest BCUT2D eigenvalue weighted by Crippen LogP contribution is 2.28. The molecule has 2 heteroatoms. The summed E-state index contributed by atoms with van der Waals surface area (Å²) in [7, 11) is 0. The lowest BCUT2D eigenvalue weighted by molar-refractivity contribution is 0.356. The molecule has 0 saturated carbocycles. The van der Waals surface area contributed by atoms with Gasteiger partial charge in [-0.1, -0.05) is 48.3 Å². The predicted molar refractivity (Wildman–Crippen MR) is 84.1 cm³/mol. The van der Waals surface area contributed by atoms with Crippen molar-refractivity contribution in [3.8, 4) is 0 Å². The van der Waals surface area contributed by atoms with E-state index in [9.17, 15) is 0 Å². The Hall–Kier alpha value is -0.340. The molecule has 102 valence electrons. The van der Waals surface area contributed by atoms with E-state index in [4.69, 9.17) is 0 Å². The molecule has 0 aliphatic carbocycles. The van der Waals surface area contributed by atoms with Gasteiger partial charge in [-0.3, -0.25) is 0 Å². The largest absolute Gasteiger partial charge is 0.311 e. The molecule has 0 saturated heterocycles. The topological polar surface area (TPSA) is 12.0 Å². The van der Waals surface area contributed by atoms with Crippen LogP contribution in [0.2, 0.25) is 0 Å². The molecule has 2 unspecified atom stereocenters. The molecule has 0 aliphatic heterocycles. The van der Waals surface area contributed by atoms with E-state index in [1.54, 1.807) is 0 Å². The molecule has 1 nitrogen and oxygen atoms in total. The Morgan fingerprint density at radius 2 is 1.94 bits per heavy atom. The number of hydrogen-bond acceptors (Lipinski definition) is 1. The van der Waals surface area contributed by atoms with Gasteiger partial charge < -0.3 is 5.32 Å². The SMILES string of the molecule is CCC(C)C(CNC(C)(C)C)c1cccc(Br)c1. The molecule has 0 amide bonds. The Morgan fingerprint density at radius 1 is 1.28 bits per heavy atom. The van der Waals surface area contributed by atoms with Gasteiger partial charge in [-0.25, -0.2) is 0 Å². The molecule has 0 bridgehead atoms. The monoisotopic (exact) mass is 311 g/mol. The van der Waals surface area contributed by atoms with E-state index in [2.05, 4.69) is 80.1 Å². The maximum absolute atomic E-state index is 3.64. The molecule has 1 aromatic rings. The highest BCUT2D eigenvalue weighted by atomic mass is 79.9. The van der Waals surface area contributed by atoms with Crippen molar-refractivity contribution in [2.45, 2.75) is 52.5 Å². The Kier molecular flexibility index (Phi) is 5.87. The van der Waals surface area contributed by atoms with Gasteiger partial charge in [-0.2, -0.15) is 0 Å². The van der Waals surface area contributed by atoms with E-state index in [-0.39, 0.29) is 5.54 Å². The molecule has 0 heterocycles. The van der Waals surface area contributed by atoms with Gasteiger partial charge in [0.2, 0.25) is 0 Å². The molecule has 0 aromatic heterocycles. The Bertz CT molecular complexity index is 368. The molecule has 1 rings (SSSR count). The maximum Gasteiger partial charge on any atom is 0.0178 e. The van der Waals surface area contributed by atoms with Gasteiger partial charge in [0, 0.05) is 16.6 Å². The van der Waals surface area contributed by atoms with E-state index >= 15 is 0 Å². The first kappa shape index (κ1) is 15.7. The minimum atomic E-state index is 0.178. The lowest BCUT2D eigenvalue weighted by Gasteiger charge is -2.29. The first-order chi connectivity index (χ1) is 8.33. The predicted octanol–water partition coefficient (Wildman–Crippen LogP) is 4.97. The van der Waals surface area contributed by atoms with Crippen molar-refractivity contribution in [3.05, 3.63) is 34.3 Å². The van der Waals surface area contributed by atoms with Crippen molar-refractivity contribution in [1.29, 1.82) is 0 Å². The van der Waals surface area contributed by atoms with Crippen LogP contribution in [0.4, 0.5) is 0 Å². The summed E-state index contributed by atoms with van der Waals surface area (Å²) >= 11 is 3.57. The van der Waals surface area contributed by atoms with Crippen molar-refractivity contribution in [2.75, 3.05) is 6.54 Å². The number of hydrogen-bond donors (Lipinski definition) is 1. The van der Waals surface area contributed by atoms with Crippen molar-refractivity contribution < 1.29 is 0 Å². The van der Waals surface area contributed by atoms with E-state index in [0.29, 0.717) is 11.8 Å². The first-order valence-corrected chi connectivity index (χ1v) is 7.63. The highest BCUT2D eigenvalue weighted by molar-refractivity contribution is 9.10. The summed E-state index contributed by atoms with van der Waals surface area (Å²) in [6.45, 7) is 12.3. The van der Waals surface area contributed by atoms with E-state index in [1.165, 1.54) is 16.5 Å². The third kappa shape index (κ3) is 5.11. The van der Waals surface area contributed by atoms with Crippen LogP contribution in [-0.2, 0) is 0 Å². The summed E-state index contributed by atoms with van der Waals surface area (Å²) in [6.07, 6.45) is 1.21. The molecule has 2 atom stereocenters. The molecule has 0 radical (unpaired) electrons. The Labute approximate surface area is 120 Å². The Balaban J connectivity index is 2.85. The summed E-state index contributed by atoms with van der Waals surface area (Å²) in [4.78, 5) is 0. The summed E-state index contributed by atoms with van der Waals surface area (Å²) in [5, 5.41) is 3.64. The van der Waals surface area contributed by atoms with Crippen molar-refractivity contribution in [2.24, 2.45) is 5.92 Å².